The van der Waals surface area contributed by atoms with Crippen molar-refractivity contribution in [2.45, 2.75) is 38.1 Å². The third kappa shape index (κ3) is 5.17. The number of halogens is 3. The molecule has 4 rings (SSSR count). The number of hydrogen-bond acceptors (Lipinski definition) is 5. The summed E-state index contributed by atoms with van der Waals surface area (Å²) in [6, 6.07) is 5.72. The van der Waals surface area contributed by atoms with E-state index in [9.17, 15) is 23.1 Å². The van der Waals surface area contributed by atoms with Gasteiger partial charge in [0, 0.05) is 43.7 Å². The Morgan fingerprint density at radius 1 is 1.13 bits per heavy atom. The fraction of sp³-hybridized carbons (Fsp3) is 0.571. The van der Waals surface area contributed by atoms with Gasteiger partial charge in [0.2, 0.25) is 0 Å². The van der Waals surface area contributed by atoms with Crippen LogP contribution in [0.2, 0.25) is 0 Å². The number of amides is 2. The van der Waals surface area contributed by atoms with Crippen molar-refractivity contribution in [2.24, 2.45) is 15.9 Å². The minimum atomic E-state index is -4.74. The van der Waals surface area contributed by atoms with Crippen LogP contribution in [-0.2, 0) is 0 Å². The Morgan fingerprint density at radius 3 is 2.42 bits per heavy atom. The van der Waals surface area contributed by atoms with E-state index in [-0.39, 0.29) is 23.6 Å². The van der Waals surface area contributed by atoms with Crippen LogP contribution in [0.4, 0.5) is 18.0 Å². The van der Waals surface area contributed by atoms with Crippen LogP contribution in [0, 0.1) is 5.92 Å². The minimum Gasteiger partial charge on any atom is -0.406 e. The second kappa shape index (κ2) is 8.49. The highest BCUT2D eigenvalue weighted by atomic mass is 19.4. The zero-order valence-corrected chi connectivity index (χ0v) is 17.2. The Balaban J connectivity index is 1.53. The van der Waals surface area contributed by atoms with Crippen LogP contribution < -0.4 is 4.74 Å². The molecule has 0 aromatic heterocycles. The second-order valence-electron chi connectivity index (χ2n) is 8.29. The Hall–Kier alpha value is -2.62. The van der Waals surface area contributed by atoms with Crippen LogP contribution in [0.15, 0.2) is 34.3 Å². The standard InChI is InChI=1S/C21H25F3N4O3/c1-13-25-9-19(26-13)16-8-15(14-2-4-18(5-3-14)31-21(22,23)24)10-28(11-16)20(30)27-7-6-17(29)12-27/h2-5,15-17,29H,6-12H2,1H3. The maximum Gasteiger partial charge on any atom is 0.573 e. The van der Waals surface area contributed by atoms with Crippen molar-refractivity contribution in [2.75, 3.05) is 32.7 Å². The lowest BCUT2D eigenvalue weighted by atomic mass is 9.82. The molecular formula is C21H25F3N4O3. The molecule has 1 aromatic rings. The Morgan fingerprint density at radius 2 is 1.84 bits per heavy atom. The zero-order chi connectivity index (χ0) is 22.2. The molecule has 2 amide bonds. The number of amidine groups is 1. The van der Waals surface area contributed by atoms with Crippen LogP contribution in [0.5, 0.6) is 5.75 Å². The minimum absolute atomic E-state index is 0.0162. The van der Waals surface area contributed by atoms with Gasteiger partial charge in [-0.1, -0.05) is 12.1 Å². The Kier molecular flexibility index (Phi) is 5.92. The number of nitrogens with zero attached hydrogens (tertiary/aromatic N) is 4. The molecule has 3 heterocycles. The van der Waals surface area contributed by atoms with E-state index in [1.165, 1.54) is 12.1 Å². The number of likely N-dealkylation sites (tertiary alicyclic amines) is 2. The Labute approximate surface area is 178 Å². The summed E-state index contributed by atoms with van der Waals surface area (Å²) < 4.78 is 41.3. The van der Waals surface area contributed by atoms with Crippen LogP contribution >= 0.6 is 0 Å². The van der Waals surface area contributed by atoms with E-state index in [0.717, 1.165) is 17.7 Å². The second-order valence-corrected chi connectivity index (χ2v) is 8.29. The summed E-state index contributed by atoms with van der Waals surface area (Å²) in [7, 11) is 0. The van der Waals surface area contributed by atoms with Crippen LogP contribution in [0.3, 0.4) is 0 Å². The molecule has 168 valence electrons. The van der Waals surface area contributed by atoms with Gasteiger partial charge in [0.1, 0.15) is 11.6 Å². The number of ether oxygens (including phenoxy) is 1. The molecule has 0 aliphatic carbocycles. The molecule has 0 bridgehead atoms. The summed E-state index contributed by atoms with van der Waals surface area (Å²) in [6.45, 7) is 4.14. The van der Waals surface area contributed by atoms with E-state index in [2.05, 4.69) is 14.7 Å². The molecule has 0 spiro atoms. The third-order valence-corrected chi connectivity index (χ3v) is 5.99. The molecule has 3 unspecified atom stereocenters. The number of carbonyl (C=O) groups is 1. The average molecular weight is 438 g/mol. The number of aliphatic hydroxyl groups excluding tert-OH is 1. The summed E-state index contributed by atoms with van der Waals surface area (Å²) in [5.41, 5.74) is 1.77. The van der Waals surface area contributed by atoms with E-state index < -0.39 is 12.5 Å². The van der Waals surface area contributed by atoms with Gasteiger partial charge in [-0.05, 0) is 37.5 Å². The fourth-order valence-electron chi connectivity index (χ4n) is 4.49. The predicted molar refractivity (Wildman–Crippen MR) is 109 cm³/mol. The molecule has 3 aliphatic rings. The van der Waals surface area contributed by atoms with Crippen LogP contribution in [0.25, 0.3) is 0 Å². The number of carbonyl (C=O) groups excluding carboxylic acids is 1. The van der Waals surface area contributed by atoms with Gasteiger partial charge in [-0.25, -0.2) is 9.79 Å². The molecule has 3 atom stereocenters. The first-order chi connectivity index (χ1) is 14.7. The topological polar surface area (TPSA) is 77.7 Å². The van der Waals surface area contributed by atoms with E-state index in [1.807, 2.05) is 6.92 Å². The largest absolute Gasteiger partial charge is 0.573 e. The number of benzene rings is 1. The van der Waals surface area contributed by atoms with Crippen molar-refractivity contribution in [3.63, 3.8) is 0 Å². The molecule has 1 aromatic carbocycles. The number of rotatable bonds is 3. The molecule has 2 saturated heterocycles. The van der Waals surface area contributed by atoms with Crippen molar-refractivity contribution < 1.29 is 27.8 Å². The van der Waals surface area contributed by atoms with Gasteiger partial charge in [-0.2, -0.15) is 0 Å². The Bertz CT molecular complexity index is 885. The number of β-amino-alcohol motifs (C(OH)–C–C–N with tert-alkyl or cyclic N) is 1. The van der Waals surface area contributed by atoms with E-state index in [4.69, 9.17) is 0 Å². The summed E-state index contributed by atoms with van der Waals surface area (Å²) in [4.78, 5) is 25.4. The number of piperidine rings is 1. The van der Waals surface area contributed by atoms with Crippen molar-refractivity contribution in [3.05, 3.63) is 29.8 Å². The van der Waals surface area contributed by atoms with Crippen molar-refractivity contribution >= 4 is 17.6 Å². The number of aliphatic imine (C=N–C) groups is 2. The lowest BCUT2D eigenvalue weighted by molar-refractivity contribution is -0.274. The lowest BCUT2D eigenvalue weighted by Crippen LogP contribution is -2.50. The molecule has 1 N–H and O–H groups in total. The normalized spacial score (nSPS) is 26.7. The number of hydrogen-bond donors (Lipinski definition) is 1. The number of urea groups is 1. The highest BCUT2D eigenvalue weighted by molar-refractivity contribution is 6.04. The molecular weight excluding hydrogens is 413 g/mol. The highest BCUT2D eigenvalue weighted by Crippen LogP contribution is 2.34. The van der Waals surface area contributed by atoms with Gasteiger partial charge < -0.3 is 19.6 Å². The fourth-order valence-corrected chi connectivity index (χ4v) is 4.49. The van der Waals surface area contributed by atoms with Crippen molar-refractivity contribution in [1.82, 2.24) is 9.80 Å². The van der Waals surface area contributed by atoms with Gasteiger partial charge in [-0.3, -0.25) is 4.99 Å². The molecule has 31 heavy (non-hydrogen) atoms. The monoisotopic (exact) mass is 438 g/mol. The van der Waals surface area contributed by atoms with Crippen molar-refractivity contribution in [3.8, 4) is 5.75 Å². The summed E-state index contributed by atoms with van der Waals surface area (Å²) in [6.07, 6.45) is -3.95. The third-order valence-electron chi connectivity index (χ3n) is 5.99. The summed E-state index contributed by atoms with van der Waals surface area (Å²) in [5, 5.41) is 9.80. The summed E-state index contributed by atoms with van der Waals surface area (Å²) >= 11 is 0. The first-order valence-electron chi connectivity index (χ1n) is 10.3. The average Bonchev–Trinajstić information content (AvgIpc) is 3.35. The van der Waals surface area contributed by atoms with Crippen LogP contribution in [-0.4, -0.2) is 77.7 Å². The van der Waals surface area contributed by atoms with Crippen LogP contribution in [0.1, 0.15) is 31.2 Å². The van der Waals surface area contributed by atoms with E-state index >= 15 is 0 Å². The van der Waals surface area contributed by atoms with Crippen molar-refractivity contribution in [1.29, 1.82) is 0 Å². The first kappa shape index (κ1) is 21.6. The van der Waals surface area contributed by atoms with Gasteiger partial charge in [0.05, 0.1) is 12.6 Å². The van der Waals surface area contributed by atoms with Gasteiger partial charge in [0.15, 0.2) is 0 Å². The molecule has 3 aliphatic heterocycles. The quantitative estimate of drug-likeness (QED) is 0.788. The summed E-state index contributed by atoms with van der Waals surface area (Å²) in [5.74, 6) is 0.402. The van der Waals surface area contributed by atoms with Gasteiger partial charge >= 0.3 is 12.4 Å². The molecule has 10 heteroatoms. The van der Waals surface area contributed by atoms with Gasteiger partial charge in [0.25, 0.3) is 0 Å². The highest BCUT2D eigenvalue weighted by Gasteiger charge is 2.37. The van der Waals surface area contributed by atoms with E-state index in [1.54, 1.807) is 21.9 Å². The number of alkyl halides is 3. The number of aliphatic hydroxyl groups is 1. The zero-order valence-electron chi connectivity index (χ0n) is 17.2. The smallest absolute Gasteiger partial charge is 0.406 e. The predicted octanol–water partition coefficient (Wildman–Crippen LogP) is 3.05. The maximum absolute atomic E-state index is 13.1. The molecule has 0 radical (unpaired) electrons. The van der Waals surface area contributed by atoms with Gasteiger partial charge in [-0.15, -0.1) is 13.2 Å². The molecule has 2 fully saturated rings. The lowest BCUT2D eigenvalue weighted by Gasteiger charge is -2.39. The first-order valence-corrected chi connectivity index (χ1v) is 10.3. The SMILES string of the molecule is CC1=NCC(C2CC(c3ccc(OC(F)(F)F)cc3)CN(C(=O)N3CCC(O)C3)C2)=N1. The molecule has 7 nitrogen and oxygen atoms in total. The molecule has 0 saturated carbocycles. The van der Waals surface area contributed by atoms with E-state index in [0.29, 0.717) is 45.0 Å². The maximum atomic E-state index is 13.1.